The summed E-state index contributed by atoms with van der Waals surface area (Å²) in [6.07, 6.45) is 3.94. The maximum absolute atomic E-state index is 13.2. The minimum Gasteiger partial charge on any atom is -0.358 e. The second-order valence-electron chi connectivity index (χ2n) is 9.59. The van der Waals surface area contributed by atoms with Crippen LogP contribution in [0.3, 0.4) is 0 Å². The van der Waals surface area contributed by atoms with Gasteiger partial charge in [0.15, 0.2) is 0 Å². The first-order chi connectivity index (χ1) is 16.0. The van der Waals surface area contributed by atoms with E-state index in [0.717, 1.165) is 30.4 Å². The number of hydrogen-bond acceptors (Lipinski definition) is 6. The predicted octanol–water partition coefficient (Wildman–Crippen LogP) is 2.81. The molecular formula is C23H31N5O5S. The highest BCUT2D eigenvalue weighted by Gasteiger charge is 2.44. The maximum atomic E-state index is 13.2. The standard InChI is InChI=1S/C23H31N5O5S/c1-17-4-5-18(2)20(14-17)34(32,33)27-12-8-23(9-13-27)7-11-26(16-23)22(29)6-10-25-15-21(28(30)31)24-19(25)3/h4-5,14-15H,6-13,16H2,1-3H3. The summed E-state index contributed by atoms with van der Waals surface area (Å²) in [6, 6.07) is 5.50. The van der Waals surface area contributed by atoms with E-state index < -0.39 is 14.9 Å². The Morgan fingerprint density at radius 2 is 1.82 bits per heavy atom. The number of rotatable bonds is 6. The van der Waals surface area contributed by atoms with Crippen molar-refractivity contribution in [2.45, 2.75) is 57.9 Å². The maximum Gasteiger partial charge on any atom is 0.381 e. The van der Waals surface area contributed by atoms with Crippen LogP contribution < -0.4 is 0 Å². The fraction of sp³-hybridized carbons (Fsp3) is 0.565. The molecule has 2 aliphatic heterocycles. The molecule has 1 aromatic heterocycles. The second-order valence-corrected chi connectivity index (χ2v) is 11.5. The average Bonchev–Trinajstić information content (AvgIpc) is 3.38. The summed E-state index contributed by atoms with van der Waals surface area (Å²) in [6.45, 7) is 7.94. The fourth-order valence-electron chi connectivity index (χ4n) is 5.06. The Morgan fingerprint density at radius 1 is 1.15 bits per heavy atom. The van der Waals surface area contributed by atoms with Crippen molar-refractivity contribution in [2.75, 3.05) is 26.2 Å². The summed E-state index contributed by atoms with van der Waals surface area (Å²) in [5, 5.41) is 10.9. The molecule has 10 nitrogen and oxygen atoms in total. The van der Waals surface area contributed by atoms with Crippen LogP contribution >= 0.6 is 0 Å². The average molecular weight is 490 g/mol. The monoisotopic (exact) mass is 489 g/mol. The Hall–Kier alpha value is -2.79. The Morgan fingerprint density at radius 3 is 2.47 bits per heavy atom. The highest BCUT2D eigenvalue weighted by Crippen LogP contribution is 2.41. The molecule has 2 saturated heterocycles. The van der Waals surface area contributed by atoms with Crippen molar-refractivity contribution in [1.29, 1.82) is 0 Å². The molecule has 34 heavy (non-hydrogen) atoms. The van der Waals surface area contributed by atoms with Crippen molar-refractivity contribution in [3.8, 4) is 0 Å². The zero-order valence-corrected chi connectivity index (χ0v) is 20.7. The summed E-state index contributed by atoms with van der Waals surface area (Å²) in [5.41, 5.74) is 1.62. The Bertz CT molecular complexity index is 1210. The number of carbonyl (C=O) groups is 1. The van der Waals surface area contributed by atoms with Crippen LogP contribution in [-0.2, 0) is 21.4 Å². The zero-order valence-electron chi connectivity index (χ0n) is 19.9. The number of nitrogens with zero attached hydrogens (tertiary/aromatic N) is 5. The number of carbonyl (C=O) groups excluding carboxylic acids is 1. The number of amides is 1. The zero-order chi connectivity index (χ0) is 24.7. The molecule has 0 saturated carbocycles. The molecule has 11 heteroatoms. The number of imidazole rings is 1. The van der Waals surface area contributed by atoms with Gasteiger partial charge in [-0.15, -0.1) is 0 Å². The summed E-state index contributed by atoms with van der Waals surface area (Å²) >= 11 is 0. The summed E-state index contributed by atoms with van der Waals surface area (Å²) in [4.78, 5) is 29.3. The van der Waals surface area contributed by atoms with Gasteiger partial charge in [0.05, 0.1) is 4.90 Å². The van der Waals surface area contributed by atoms with E-state index in [1.54, 1.807) is 21.9 Å². The molecule has 1 amide bonds. The molecule has 4 rings (SSSR count). The summed E-state index contributed by atoms with van der Waals surface area (Å²) in [7, 11) is -3.54. The lowest BCUT2D eigenvalue weighted by Crippen LogP contribution is -2.44. The summed E-state index contributed by atoms with van der Waals surface area (Å²) < 4.78 is 29.7. The number of piperidine rings is 1. The largest absolute Gasteiger partial charge is 0.381 e. The minimum absolute atomic E-state index is 0.0121. The number of sulfonamides is 1. The van der Waals surface area contributed by atoms with Crippen LogP contribution in [0.4, 0.5) is 5.82 Å². The van der Waals surface area contributed by atoms with Gasteiger partial charge < -0.3 is 19.6 Å². The van der Waals surface area contributed by atoms with Crippen LogP contribution in [0.15, 0.2) is 29.3 Å². The van der Waals surface area contributed by atoms with Crippen molar-refractivity contribution < 1.29 is 18.1 Å². The third-order valence-corrected chi connectivity index (χ3v) is 9.29. The quantitative estimate of drug-likeness (QED) is 0.455. The lowest BCUT2D eigenvalue weighted by atomic mass is 9.78. The number of hydrogen-bond donors (Lipinski definition) is 0. The highest BCUT2D eigenvalue weighted by molar-refractivity contribution is 7.89. The van der Waals surface area contributed by atoms with Gasteiger partial charge in [-0.05, 0) is 65.6 Å². The molecule has 184 valence electrons. The van der Waals surface area contributed by atoms with E-state index in [9.17, 15) is 23.3 Å². The highest BCUT2D eigenvalue weighted by atomic mass is 32.2. The van der Waals surface area contributed by atoms with Gasteiger partial charge in [0.25, 0.3) is 0 Å². The number of aromatic nitrogens is 2. The molecule has 2 aliphatic rings. The van der Waals surface area contributed by atoms with Crippen LogP contribution in [0.2, 0.25) is 0 Å². The van der Waals surface area contributed by atoms with Gasteiger partial charge in [-0.1, -0.05) is 12.1 Å². The van der Waals surface area contributed by atoms with Crippen molar-refractivity contribution >= 4 is 21.7 Å². The van der Waals surface area contributed by atoms with Crippen LogP contribution in [0.1, 0.15) is 42.6 Å². The van der Waals surface area contributed by atoms with E-state index in [1.165, 1.54) is 6.20 Å². The molecule has 0 atom stereocenters. The first-order valence-corrected chi connectivity index (χ1v) is 13.0. The van der Waals surface area contributed by atoms with Crippen LogP contribution in [-0.4, -0.2) is 64.2 Å². The van der Waals surface area contributed by atoms with E-state index >= 15 is 0 Å². The van der Waals surface area contributed by atoms with Crippen molar-refractivity contribution in [2.24, 2.45) is 5.41 Å². The second kappa shape index (κ2) is 9.10. The lowest BCUT2D eigenvalue weighted by molar-refractivity contribution is -0.389. The molecule has 2 aromatic rings. The molecule has 3 heterocycles. The Balaban J connectivity index is 1.34. The molecule has 0 N–H and O–H groups in total. The third kappa shape index (κ3) is 4.72. The fourth-order valence-corrected chi connectivity index (χ4v) is 6.81. The van der Waals surface area contributed by atoms with E-state index in [2.05, 4.69) is 4.98 Å². The van der Waals surface area contributed by atoms with Crippen LogP contribution in [0.25, 0.3) is 0 Å². The van der Waals surface area contributed by atoms with Gasteiger partial charge >= 0.3 is 5.82 Å². The first kappa shape index (κ1) is 24.3. The number of benzene rings is 1. The molecule has 1 aromatic carbocycles. The molecule has 0 radical (unpaired) electrons. The third-order valence-electron chi connectivity index (χ3n) is 7.25. The van der Waals surface area contributed by atoms with Gasteiger partial charge in [0, 0.05) is 46.1 Å². The van der Waals surface area contributed by atoms with Crippen molar-refractivity contribution in [3.05, 3.63) is 51.5 Å². The SMILES string of the molecule is Cc1ccc(C)c(S(=O)(=O)N2CCC3(CCN(C(=O)CCn4cc([N+](=O)[O-])nc4C)C3)CC2)c1. The molecular weight excluding hydrogens is 458 g/mol. The molecule has 0 aliphatic carbocycles. The van der Waals surface area contributed by atoms with Gasteiger partial charge in [-0.3, -0.25) is 4.79 Å². The van der Waals surface area contributed by atoms with Crippen LogP contribution in [0.5, 0.6) is 0 Å². The number of nitro groups is 1. The normalized spacial score (nSPS) is 18.5. The van der Waals surface area contributed by atoms with E-state index in [-0.39, 0.29) is 23.6 Å². The topological polar surface area (TPSA) is 119 Å². The molecule has 2 fully saturated rings. The molecule has 1 spiro atoms. The van der Waals surface area contributed by atoms with Crippen LogP contribution in [0, 0.1) is 36.3 Å². The Labute approximate surface area is 199 Å². The molecule has 0 bridgehead atoms. The van der Waals surface area contributed by atoms with Crippen molar-refractivity contribution in [1.82, 2.24) is 18.8 Å². The smallest absolute Gasteiger partial charge is 0.358 e. The van der Waals surface area contributed by atoms with E-state index in [0.29, 0.717) is 43.4 Å². The lowest BCUT2D eigenvalue weighted by Gasteiger charge is -2.38. The van der Waals surface area contributed by atoms with Gasteiger partial charge in [0.1, 0.15) is 6.20 Å². The van der Waals surface area contributed by atoms with Gasteiger partial charge in [-0.25, -0.2) is 8.42 Å². The van der Waals surface area contributed by atoms with Crippen molar-refractivity contribution in [3.63, 3.8) is 0 Å². The summed E-state index contributed by atoms with van der Waals surface area (Å²) in [5.74, 6) is 0.306. The number of aryl methyl sites for hydroxylation is 4. The van der Waals surface area contributed by atoms with E-state index in [1.807, 2.05) is 30.9 Å². The first-order valence-electron chi connectivity index (χ1n) is 11.5. The van der Waals surface area contributed by atoms with E-state index in [4.69, 9.17) is 0 Å². The molecule has 0 unspecified atom stereocenters. The Kier molecular flexibility index (Phi) is 6.52. The van der Waals surface area contributed by atoms with Gasteiger partial charge in [-0.2, -0.15) is 4.31 Å². The predicted molar refractivity (Wildman–Crippen MR) is 126 cm³/mol. The number of likely N-dealkylation sites (tertiary alicyclic amines) is 1. The minimum atomic E-state index is -3.54. The van der Waals surface area contributed by atoms with Gasteiger partial charge in [0.2, 0.25) is 21.8 Å².